The first-order chi connectivity index (χ1) is 12.5. The van der Waals surface area contributed by atoms with Gasteiger partial charge in [-0.1, -0.05) is 34.5 Å². The molecule has 0 N–H and O–H groups in total. The van der Waals surface area contributed by atoms with E-state index >= 15 is 0 Å². The van der Waals surface area contributed by atoms with Gasteiger partial charge in [0.2, 0.25) is 0 Å². The molecule has 0 saturated heterocycles. The molecule has 0 unspecified atom stereocenters. The van der Waals surface area contributed by atoms with Crippen LogP contribution in [0.2, 0.25) is 8.67 Å². The number of carbonyl (C=O) groups excluding carboxylic acids is 1. The van der Waals surface area contributed by atoms with Gasteiger partial charge in [-0.2, -0.15) is 4.99 Å². The van der Waals surface area contributed by atoms with Crippen molar-refractivity contribution in [3.8, 4) is 5.75 Å². The van der Waals surface area contributed by atoms with Gasteiger partial charge in [0.25, 0.3) is 5.91 Å². The summed E-state index contributed by atoms with van der Waals surface area (Å²) in [5, 5.41) is 0. The summed E-state index contributed by atoms with van der Waals surface area (Å²) in [6.45, 7) is 3.69. The van der Waals surface area contributed by atoms with E-state index in [-0.39, 0.29) is 0 Å². The SMILES string of the molecule is CCOCCn1c(=NC(=O)c2cc(Cl)sc2Cl)sc2cc(OC)ccc21. The molecule has 1 amide bonds. The van der Waals surface area contributed by atoms with Gasteiger partial charge < -0.3 is 14.0 Å². The van der Waals surface area contributed by atoms with Crippen molar-refractivity contribution >= 4 is 62.0 Å². The number of benzene rings is 1. The van der Waals surface area contributed by atoms with E-state index in [1.807, 2.05) is 29.7 Å². The fourth-order valence-corrected chi connectivity index (χ4v) is 4.95. The fourth-order valence-electron chi connectivity index (χ4n) is 2.42. The molecule has 0 spiro atoms. The molecular formula is C17H16Cl2N2O3S2. The first kappa shape index (κ1) is 19.4. The molecule has 3 rings (SSSR count). The van der Waals surface area contributed by atoms with Gasteiger partial charge in [-0.05, 0) is 31.2 Å². The third-order valence-corrected chi connectivity index (χ3v) is 6.17. The summed E-state index contributed by atoms with van der Waals surface area (Å²) in [5.41, 5.74) is 1.28. The van der Waals surface area contributed by atoms with E-state index in [4.69, 9.17) is 32.7 Å². The molecule has 2 heterocycles. The second-order valence-electron chi connectivity index (χ2n) is 5.22. The molecule has 0 radical (unpaired) electrons. The van der Waals surface area contributed by atoms with Crippen LogP contribution in [0.15, 0.2) is 29.3 Å². The molecule has 26 heavy (non-hydrogen) atoms. The Kier molecular flexibility index (Phi) is 6.37. The van der Waals surface area contributed by atoms with Gasteiger partial charge in [0.15, 0.2) is 4.80 Å². The highest BCUT2D eigenvalue weighted by atomic mass is 35.5. The number of amides is 1. The Hall–Kier alpha value is -1.38. The molecule has 5 nitrogen and oxygen atoms in total. The average Bonchev–Trinajstić information content (AvgIpc) is 3.13. The number of nitrogens with zero attached hydrogens (tertiary/aromatic N) is 2. The summed E-state index contributed by atoms with van der Waals surface area (Å²) in [6.07, 6.45) is 0. The molecule has 3 aromatic rings. The molecular weight excluding hydrogens is 415 g/mol. The minimum atomic E-state index is -0.415. The van der Waals surface area contributed by atoms with Crippen LogP contribution < -0.4 is 9.54 Å². The van der Waals surface area contributed by atoms with Gasteiger partial charge in [-0.15, -0.1) is 11.3 Å². The lowest BCUT2D eigenvalue weighted by Crippen LogP contribution is -2.19. The fraction of sp³-hybridized carbons (Fsp3) is 0.294. The van der Waals surface area contributed by atoms with Crippen molar-refractivity contribution in [3.05, 3.63) is 43.3 Å². The van der Waals surface area contributed by atoms with Crippen LogP contribution in [0.25, 0.3) is 10.2 Å². The minimum absolute atomic E-state index is 0.313. The second kappa shape index (κ2) is 8.54. The molecule has 138 valence electrons. The molecule has 0 fully saturated rings. The standard InChI is InChI=1S/C17H16Cl2N2O3S2/c1-3-24-7-6-21-12-5-4-10(23-2)8-13(12)25-17(21)20-16(22)11-9-14(18)26-15(11)19/h4-5,8-9H,3,6-7H2,1-2H3. The van der Waals surface area contributed by atoms with Gasteiger partial charge >= 0.3 is 0 Å². The zero-order valence-corrected chi connectivity index (χ0v) is 17.3. The van der Waals surface area contributed by atoms with Crippen LogP contribution in [-0.4, -0.2) is 30.8 Å². The Morgan fingerprint density at radius 3 is 2.73 bits per heavy atom. The number of carbonyl (C=O) groups is 1. The van der Waals surface area contributed by atoms with E-state index in [9.17, 15) is 4.79 Å². The van der Waals surface area contributed by atoms with Crippen molar-refractivity contribution in [2.45, 2.75) is 13.5 Å². The lowest BCUT2D eigenvalue weighted by atomic mass is 10.3. The minimum Gasteiger partial charge on any atom is -0.497 e. The smallest absolute Gasteiger partial charge is 0.282 e. The molecule has 0 aliphatic carbocycles. The third-order valence-electron chi connectivity index (χ3n) is 3.64. The molecule has 0 bridgehead atoms. The number of thiazole rings is 1. The summed E-state index contributed by atoms with van der Waals surface area (Å²) in [4.78, 5) is 17.4. The summed E-state index contributed by atoms with van der Waals surface area (Å²) < 4.78 is 14.5. The highest BCUT2D eigenvalue weighted by Crippen LogP contribution is 2.31. The predicted octanol–water partition coefficient (Wildman–Crippen LogP) is 4.86. The maximum absolute atomic E-state index is 12.6. The van der Waals surface area contributed by atoms with Gasteiger partial charge in [0.1, 0.15) is 10.1 Å². The van der Waals surface area contributed by atoms with Gasteiger partial charge in [0.05, 0.1) is 33.8 Å². The number of halogens is 2. The Balaban J connectivity index is 2.08. The maximum Gasteiger partial charge on any atom is 0.282 e. The number of ether oxygens (including phenoxy) is 2. The number of rotatable bonds is 6. The topological polar surface area (TPSA) is 52.8 Å². The normalized spacial score (nSPS) is 12.1. The molecule has 0 aliphatic heterocycles. The third kappa shape index (κ3) is 4.13. The highest BCUT2D eigenvalue weighted by Gasteiger charge is 2.15. The van der Waals surface area contributed by atoms with Crippen molar-refractivity contribution in [3.63, 3.8) is 0 Å². The van der Waals surface area contributed by atoms with Crippen molar-refractivity contribution in [1.29, 1.82) is 0 Å². The van der Waals surface area contributed by atoms with Crippen molar-refractivity contribution in [2.75, 3.05) is 20.3 Å². The van der Waals surface area contributed by atoms with E-state index in [1.165, 1.54) is 11.3 Å². The molecule has 0 atom stereocenters. The Labute approximate surface area is 168 Å². The van der Waals surface area contributed by atoms with E-state index in [0.29, 0.717) is 38.8 Å². The summed E-state index contributed by atoms with van der Waals surface area (Å²) in [7, 11) is 1.62. The van der Waals surface area contributed by atoms with Crippen LogP contribution in [0, 0.1) is 0 Å². The van der Waals surface area contributed by atoms with Crippen molar-refractivity contribution in [2.24, 2.45) is 4.99 Å². The van der Waals surface area contributed by atoms with Gasteiger partial charge in [0, 0.05) is 13.2 Å². The average molecular weight is 431 g/mol. The predicted molar refractivity (Wildman–Crippen MR) is 107 cm³/mol. The Morgan fingerprint density at radius 2 is 2.08 bits per heavy atom. The number of fused-ring (bicyclic) bond motifs is 1. The number of hydrogen-bond donors (Lipinski definition) is 0. The van der Waals surface area contributed by atoms with Crippen LogP contribution in [0.3, 0.4) is 0 Å². The van der Waals surface area contributed by atoms with E-state index in [2.05, 4.69) is 4.99 Å². The quantitative estimate of drug-likeness (QED) is 0.524. The van der Waals surface area contributed by atoms with Crippen LogP contribution in [0.4, 0.5) is 0 Å². The zero-order chi connectivity index (χ0) is 18.7. The monoisotopic (exact) mass is 430 g/mol. The maximum atomic E-state index is 12.6. The van der Waals surface area contributed by atoms with E-state index < -0.39 is 5.91 Å². The van der Waals surface area contributed by atoms with Crippen LogP contribution >= 0.6 is 45.9 Å². The largest absolute Gasteiger partial charge is 0.497 e. The van der Waals surface area contributed by atoms with Crippen molar-refractivity contribution < 1.29 is 14.3 Å². The van der Waals surface area contributed by atoms with E-state index in [1.54, 1.807) is 13.2 Å². The van der Waals surface area contributed by atoms with Crippen LogP contribution in [-0.2, 0) is 11.3 Å². The molecule has 2 aromatic heterocycles. The van der Waals surface area contributed by atoms with Gasteiger partial charge in [-0.3, -0.25) is 4.79 Å². The first-order valence-corrected chi connectivity index (χ1v) is 10.2. The second-order valence-corrected chi connectivity index (χ2v) is 8.52. The lowest BCUT2D eigenvalue weighted by Gasteiger charge is -2.06. The van der Waals surface area contributed by atoms with Crippen molar-refractivity contribution in [1.82, 2.24) is 4.57 Å². The van der Waals surface area contributed by atoms with Crippen LogP contribution in [0.5, 0.6) is 5.75 Å². The molecule has 0 aliphatic rings. The zero-order valence-electron chi connectivity index (χ0n) is 14.1. The lowest BCUT2D eigenvalue weighted by molar-refractivity contribution is 0.0997. The van der Waals surface area contributed by atoms with E-state index in [0.717, 1.165) is 27.3 Å². The first-order valence-electron chi connectivity index (χ1n) is 7.82. The molecule has 0 saturated carbocycles. The van der Waals surface area contributed by atoms with Gasteiger partial charge in [-0.25, -0.2) is 0 Å². The number of aromatic nitrogens is 1. The number of hydrogen-bond acceptors (Lipinski definition) is 5. The summed E-state index contributed by atoms with van der Waals surface area (Å²) in [5.74, 6) is 0.336. The van der Waals surface area contributed by atoms with Crippen LogP contribution in [0.1, 0.15) is 17.3 Å². The molecule has 1 aromatic carbocycles. The Morgan fingerprint density at radius 1 is 1.27 bits per heavy atom. The summed E-state index contributed by atoms with van der Waals surface area (Å²) >= 11 is 14.6. The molecule has 9 heteroatoms. The Bertz CT molecular complexity index is 1010. The summed E-state index contributed by atoms with van der Waals surface area (Å²) in [6, 6.07) is 7.30. The number of methoxy groups -OCH3 is 1. The number of thiophene rings is 1. The highest BCUT2D eigenvalue weighted by molar-refractivity contribution is 7.20.